The number of hydrogen-bond donors (Lipinski definition) is 1. The highest BCUT2D eigenvalue weighted by Crippen LogP contribution is 2.23. The number of amides is 2. The van der Waals surface area contributed by atoms with E-state index in [4.69, 9.17) is 0 Å². The van der Waals surface area contributed by atoms with E-state index in [0.717, 1.165) is 41.8 Å². The van der Waals surface area contributed by atoms with Gasteiger partial charge in [-0.25, -0.2) is 0 Å². The third kappa shape index (κ3) is 4.91. The lowest BCUT2D eigenvalue weighted by molar-refractivity contribution is -0.121. The molecule has 0 unspecified atom stereocenters. The van der Waals surface area contributed by atoms with Crippen molar-refractivity contribution < 1.29 is 9.59 Å². The van der Waals surface area contributed by atoms with Gasteiger partial charge in [0.25, 0.3) is 5.91 Å². The van der Waals surface area contributed by atoms with Crippen molar-refractivity contribution in [2.45, 2.75) is 46.5 Å². The summed E-state index contributed by atoms with van der Waals surface area (Å²) < 4.78 is 0. The van der Waals surface area contributed by atoms with Crippen LogP contribution in [-0.4, -0.2) is 40.0 Å². The zero-order valence-corrected chi connectivity index (χ0v) is 16.9. The van der Waals surface area contributed by atoms with Gasteiger partial charge in [0.05, 0.1) is 5.92 Å². The molecule has 3 rings (SSSR count). The molecule has 0 radical (unpaired) electrons. The van der Waals surface area contributed by atoms with E-state index in [-0.39, 0.29) is 17.7 Å². The zero-order valence-electron chi connectivity index (χ0n) is 16.1. The topological polar surface area (TPSA) is 75.2 Å². The van der Waals surface area contributed by atoms with Crippen LogP contribution in [0, 0.1) is 19.8 Å². The van der Waals surface area contributed by atoms with Gasteiger partial charge in [0, 0.05) is 25.1 Å². The molecule has 2 aromatic rings. The number of aromatic nitrogens is 2. The first-order valence-corrected chi connectivity index (χ1v) is 10.3. The first-order valence-electron chi connectivity index (χ1n) is 9.47. The summed E-state index contributed by atoms with van der Waals surface area (Å²) in [7, 11) is 0. The Labute approximate surface area is 164 Å². The molecule has 0 saturated carbocycles. The molecule has 7 heteroatoms. The van der Waals surface area contributed by atoms with E-state index in [0.29, 0.717) is 23.8 Å². The molecule has 1 N–H and O–H groups in total. The van der Waals surface area contributed by atoms with Crippen molar-refractivity contribution in [3.8, 4) is 0 Å². The van der Waals surface area contributed by atoms with E-state index < -0.39 is 0 Å². The second-order valence-electron chi connectivity index (χ2n) is 7.21. The number of hydrogen-bond acceptors (Lipinski definition) is 5. The van der Waals surface area contributed by atoms with Crippen molar-refractivity contribution in [3.63, 3.8) is 0 Å². The lowest BCUT2D eigenvalue weighted by Crippen LogP contribution is -2.43. The summed E-state index contributed by atoms with van der Waals surface area (Å²) in [6.07, 6.45) is 3.48. The molecule has 1 aliphatic rings. The third-order valence-electron chi connectivity index (χ3n) is 4.71. The van der Waals surface area contributed by atoms with Crippen LogP contribution in [0.15, 0.2) is 18.2 Å². The Kier molecular flexibility index (Phi) is 6.21. The maximum Gasteiger partial charge on any atom is 0.253 e. The summed E-state index contributed by atoms with van der Waals surface area (Å²) in [6, 6.07) is 5.88. The van der Waals surface area contributed by atoms with Crippen LogP contribution in [0.5, 0.6) is 0 Å². The summed E-state index contributed by atoms with van der Waals surface area (Å²) in [5.74, 6) is -0.292. The predicted molar refractivity (Wildman–Crippen MR) is 107 cm³/mol. The Morgan fingerprint density at radius 1 is 1.22 bits per heavy atom. The first kappa shape index (κ1) is 19.5. The smallest absolute Gasteiger partial charge is 0.253 e. The van der Waals surface area contributed by atoms with E-state index in [1.165, 1.54) is 11.3 Å². The minimum absolute atomic E-state index is 0.000414. The number of rotatable bonds is 5. The molecular formula is C20H26N4O2S. The highest BCUT2D eigenvalue weighted by molar-refractivity contribution is 7.15. The molecule has 1 aromatic heterocycles. The molecule has 1 aliphatic heterocycles. The molecule has 2 amide bonds. The van der Waals surface area contributed by atoms with Gasteiger partial charge in [-0.05, 0) is 45.2 Å². The summed E-state index contributed by atoms with van der Waals surface area (Å²) in [6.45, 7) is 7.20. The van der Waals surface area contributed by atoms with Gasteiger partial charge in [0.15, 0.2) is 0 Å². The van der Waals surface area contributed by atoms with Gasteiger partial charge in [0.1, 0.15) is 5.01 Å². The van der Waals surface area contributed by atoms with Crippen LogP contribution in [-0.2, 0) is 11.2 Å². The first-order chi connectivity index (χ1) is 13.0. The number of nitrogens with zero attached hydrogens (tertiary/aromatic N) is 3. The van der Waals surface area contributed by atoms with Crippen molar-refractivity contribution in [2.75, 3.05) is 18.4 Å². The average Bonchev–Trinajstić information content (AvgIpc) is 3.07. The van der Waals surface area contributed by atoms with Crippen LogP contribution in [0.1, 0.15) is 52.7 Å². The maximum atomic E-state index is 12.9. The number of carbonyl (C=O) groups excluding carboxylic acids is 2. The van der Waals surface area contributed by atoms with Crippen molar-refractivity contribution in [2.24, 2.45) is 5.92 Å². The van der Waals surface area contributed by atoms with Crippen LogP contribution in [0.25, 0.3) is 0 Å². The molecule has 1 aromatic carbocycles. The van der Waals surface area contributed by atoms with Crippen LogP contribution in [0.4, 0.5) is 5.13 Å². The van der Waals surface area contributed by atoms with Crippen LogP contribution >= 0.6 is 11.3 Å². The van der Waals surface area contributed by atoms with Crippen molar-refractivity contribution in [1.29, 1.82) is 0 Å². The van der Waals surface area contributed by atoms with Gasteiger partial charge in [-0.1, -0.05) is 35.5 Å². The Morgan fingerprint density at radius 2 is 1.96 bits per heavy atom. The summed E-state index contributed by atoms with van der Waals surface area (Å²) in [4.78, 5) is 27.3. The molecular weight excluding hydrogens is 360 g/mol. The number of benzene rings is 1. The highest BCUT2D eigenvalue weighted by atomic mass is 32.1. The number of likely N-dealkylation sites (tertiary alicyclic amines) is 1. The minimum Gasteiger partial charge on any atom is -0.338 e. The standard InChI is InChI=1S/C20H26N4O2S/c1-4-6-17-22-23-20(27-17)21-18(25)15-7-5-8-24(12-15)19(26)16-10-13(2)9-14(3)11-16/h9-11,15H,4-8,12H2,1-3H3,(H,21,23,25)/t15-/m1/s1. The number of anilines is 1. The van der Waals surface area contributed by atoms with E-state index in [1.54, 1.807) is 4.90 Å². The number of nitrogens with one attached hydrogen (secondary N) is 1. The third-order valence-corrected chi connectivity index (χ3v) is 5.61. The largest absolute Gasteiger partial charge is 0.338 e. The second kappa shape index (κ2) is 8.61. The Morgan fingerprint density at radius 3 is 2.67 bits per heavy atom. The fraction of sp³-hybridized carbons (Fsp3) is 0.500. The molecule has 2 heterocycles. The van der Waals surface area contributed by atoms with Gasteiger partial charge in [-0.2, -0.15) is 0 Å². The van der Waals surface area contributed by atoms with Gasteiger partial charge >= 0.3 is 0 Å². The molecule has 27 heavy (non-hydrogen) atoms. The zero-order chi connectivity index (χ0) is 19.4. The molecule has 0 bridgehead atoms. The van der Waals surface area contributed by atoms with E-state index >= 15 is 0 Å². The van der Waals surface area contributed by atoms with E-state index in [1.807, 2.05) is 26.0 Å². The minimum atomic E-state index is -0.216. The van der Waals surface area contributed by atoms with E-state index in [9.17, 15) is 9.59 Å². The summed E-state index contributed by atoms with van der Waals surface area (Å²) >= 11 is 1.42. The van der Waals surface area contributed by atoms with Crippen LogP contribution < -0.4 is 5.32 Å². The van der Waals surface area contributed by atoms with Crippen molar-refractivity contribution in [3.05, 3.63) is 39.9 Å². The highest BCUT2D eigenvalue weighted by Gasteiger charge is 2.29. The monoisotopic (exact) mass is 386 g/mol. The number of carbonyl (C=O) groups is 2. The van der Waals surface area contributed by atoms with Gasteiger partial charge in [-0.15, -0.1) is 10.2 Å². The molecule has 1 atom stereocenters. The second-order valence-corrected chi connectivity index (χ2v) is 8.27. The maximum absolute atomic E-state index is 12.9. The average molecular weight is 387 g/mol. The molecule has 1 fully saturated rings. The van der Waals surface area contributed by atoms with Gasteiger partial charge in [-0.3, -0.25) is 9.59 Å². The van der Waals surface area contributed by atoms with Crippen LogP contribution in [0.2, 0.25) is 0 Å². The normalized spacial score (nSPS) is 17.0. The summed E-state index contributed by atoms with van der Waals surface area (Å²) in [5, 5.41) is 12.5. The van der Waals surface area contributed by atoms with Crippen molar-refractivity contribution in [1.82, 2.24) is 15.1 Å². The summed E-state index contributed by atoms with van der Waals surface area (Å²) in [5.41, 5.74) is 2.84. The van der Waals surface area contributed by atoms with Crippen LogP contribution in [0.3, 0.4) is 0 Å². The Bertz CT molecular complexity index is 813. The fourth-order valence-corrected chi connectivity index (χ4v) is 4.33. The number of aryl methyl sites for hydroxylation is 3. The number of piperidine rings is 1. The predicted octanol–water partition coefficient (Wildman–Crippen LogP) is 3.60. The lowest BCUT2D eigenvalue weighted by Gasteiger charge is -2.32. The lowest BCUT2D eigenvalue weighted by atomic mass is 9.96. The Balaban J connectivity index is 1.64. The molecule has 0 aliphatic carbocycles. The van der Waals surface area contributed by atoms with Gasteiger partial charge in [0.2, 0.25) is 11.0 Å². The van der Waals surface area contributed by atoms with Crippen molar-refractivity contribution >= 4 is 28.3 Å². The van der Waals surface area contributed by atoms with Gasteiger partial charge < -0.3 is 10.2 Å². The SMILES string of the molecule is CCCc1nnc(NC(=O)[C@@H]2CCCN(C(=O)c3cc(C)cc(C)c3)C2)s1. The molecule has 144 valence electrons. The van der Waals surface area contributed by atoms with E-state index in [2.05, 4.69) is 28.5 Å². The molecule has 1 saturated heterocycles. The molecule has 6 nitrogen and oxygen atoms in total. The Hall–Kier alpha value is -2.28. The molecule has 0 spiro atoms. The quantitative estimate of drug-likeness (QED) is 0.852. The fourth-order valence-electron chi connectivity index (χ4n) is 3.48.